The Morgan fingerprint density at radius 1 is 0.949 bits per heavy atom. The Balaban J connectivity index is 2.23. The lowest BCUT2D eigenvalue weighted by atomic mass is 10.0. The van der Waals surface area contributed by atoms with E-state index in [1.54, 1.807) is 41.5 Å². The first-order valence-electron chi connectivity index (χ1n) is 13.4. The number of ether oxygens (including phenoxy) is 3. The summed E-state index contributed by atoms with van der Waals surface area (Å²) in [6, 6.07) is 7.57. The van der Waals surface area contributed by atoms with E-state index in [1.165, 1.54) is 6.92 Å². The van der Waals surface area contributed by atoms with Gasteiger partial charge in [-0.3, -0.25) is 9.48 Å². The molecule has 0 unspecified atom stereocenters. The highest BCUT2D eigenvalue weighted by Crippen LogP contribution is 2.35. The topological polar surface area (TPSA) is 113 Å². The molecule has 0 aliphatic heterocycles. The molecule has 3 aromatic rings. The number of hydrogen-bond acceptors (Lipinski definition) is 8. The van der Waals surface area contributed by atoms with E-state index < -0.39 is 23.4 Å². The molecule has 2 aromatic heterocycles. The molecule has 0 aliphatic rings. The standard InChI is InChI=1S/C29H40N4O6/c1-9-17-32-22(16-12-13-18-37-19(2)34)23-20-14-10-11-15-21(20)30-25(24(23)31-32)33(26(35)38-28(3,4)5)27(36)39-29(6,7)8/h10-11,14-15H,9,12-13,16-18H2,1-8H3. The highest BCUT2D eigenvalue weighted by atomic mass is 16.6. The first kappa shape index (κ1) is 29.9. The Morgan fingerprint density at radius 3 is 2.13 bits per heavy atom. The van der Waals surface area contributed by atoms with Crippen molar-refractivity contribution in [2.45, 2.75) is 98.8 Å². The fraction of sp³-hybridized carbons (Fsp3) is 0.552. The molecule has 3 rings (SSSR count). The number of nitrogens with zero attached hydrogens (tertiary/aromatic N) is 4. The number of hydrogen-bond donors (Lipinski definition) is 0. The average Bonchev–Trinajstić information content (AvgIpc) is 3.15. The molecule has 0 saturated carbocycles. The minimum absolute atomic E-state index is 0.0585. The summed E-state index contributed by atoms with van der Waals surface area (Å²) >= 11 is 0. The lowest BCUT2D eigenvalue weighted by molar-refractivity contribution is -0.141. The third-order valence-corrected chi connectivity index (χ3v) is 5.58. The first-order chi connectivity index (χ1) is 18.2. The van der Waals surface area contributed by atoms with Crippen LogP contribution in [0.15, 0.2) is 24.3 Å². The van der Waals surface area contributed by atoms with E-state index in [9.17, 15) is 14.4 Å². The van der Waals surface area contributed by atoms with Gasteiger partial charge in [0.1, 0.15) is 16.7 Å². The number of amides is 2. The first-order valence-corrected chi connectivity index (χ1v) is 13.4. The van der Waals surface area contributed by atoms with Gasteiger partial charge in [-0.15, -0.1) is 0 Å². The van der Waals surface area contributed by atoms with Crippen LogP contribution in [-0.2, 0) is 32.0 Å². The Morgan fingerprint density at radius 2 is 1.56 bits per heavy atom. The normalized spacial score (nSPS) is 12.0. The minimum Gasteiger partial charge on any atom is -0.466 e. The lowest BCUT2D eigenvalue weighted by Crippen LogP contribution is -2.44. The van der Waals surface area contributed by atoms with Crippen molar-refractivity contribution in [1.29, 1.82) is 0 Å². The number of carbonyl (C=O) groups excluding carboxylic acids is 3. The molecule has 0 spiro atoms. The predicted molar refractivity (Wildman–Crippen MR) is 150 cm³/mol. The van der Waals surface area contributed by atoms with E-state index >= 15 is 0 Å². The van der Waals surface area contributed by atoms with Crippen molar-refractivity contribution in [2.24, 2.45) is 0 Å². The highest BCUT2D eigenvalue weighted by Gasteiger charge is 2.36. The number of anilines is 1. The van der Waals surface area contributed by atoms with Gasteiger partial charge in [0.05, 0.1) is 12.1 Å². The Labute approximate surface area is 229 Å². The van der Waals surface area contributed by atoms with Crippen LogP contribution in [-0.4, -0.2) is 50.7 Å². The molecule has 10 heteroatoms. The van der Waals surface area contributed by atoms with E-state index in [2.05, 4.69) is 6.92 Å². The SMILES string of the molecule is CCCn1nc2c(N(C(=O)OC(C)(C)C)C(=O)OC(C)(C)C)nc3ccccc3c2c1CCCCOC(C)=O. The van der Waals surface area contributed by atoms with E-state index in [-0.39, 0.29) is 11.8 Å². The number of aromatic nitrogens is 3. The van der Waals surface area contributed by atoms with Crippen LogP contribution in [0.2, 0.25) is 0 Å². The van der Waals surface area contributed by atoms with Crippen LogP contribution < -0.4 is 4.90 Å². The summed E-state index contributed by atoms with van der Waals surface area (Å²) in [6.07, 6.45) is 1.14. The maximum absolute atomic E-state index is 13.5. The molecule has 39 heavy (non-hydrogen) atoms. The summed E-state index contributed by atoms with van der Waals surface area (Å²) in [7, 11) is 0. The van der Waals surface area contributed by atoms with Crippen LogP contribution in [0.3, 0.4) is 0 Å². The molecular weight excluding hydrogens is 500 g/mol. The molecule has 0 N–H and O–H groups in total. The second-order valence-corrected chi connectivity index (χ2v) is 11.4. The van der Waals surface area contributed by atoms with E-state index in [0.29, 0.717) is 37.0 Å². The highest BCUT2D eigenvalue weighted by molar-refractivity contribution is 6.18. The summed E-state index contributed by atoms with van der Waals surface area (Å²) in [5.41, 5.74) is 0.260. The van der Waals surface area contributed by atoms with Crippen LogP contribution >= 0.6 is 0 Å². The van der Waals surface area contributed by atoms with Crippen molar-refractivity contribution in [2.75, 3.05) is 11.5 Å². The number of benzene rings is 1. The Kier molecular flexibility index (Phi) is 9.19. The quantitative estimate of drug-likeness (QED) is 0.179. The van der Waals surface area contributed by atoms with Gasteiger partial charge >= 0.3 is 18.2 Å². The van der Waals surface area contributed by atoms with Gasteiger partial charge < -0.3 is 14.2 Å². The fourth-order valence-corrected chi connectivity index (χ4v) is 4.17. The number of aryl methyl sites for hydroxylation is 2. The van der Waals surface area contributed by atoms with Crippen molar-refractivity contribution >= 4 is 45.8 Å². The minimum atomic E-state index is -0.895. The zero-order chi connectivity index (χ0) is 29.0. The van der Waals surface area contributed by atoms with Gasteiger partial charge in [-0.05, 0) is 73.3 Å². The number of unbranched alkanes of at least 4 members (excludes halogenated alkanes) is 1. The van der Waals surface area contributed by atoms with Gasteiger partial charge in [0.2, 0.25) is 0 Å². The zero-order valence-corrected chi connectivity index (χ0v) is 24.3. The van der Waals surface area contributed by atoms with Gasteiger partial charge in [-0.1, -0.05) is 25.1 Å². The number of pyridine rings is 1. The van der Waals surface area contributed by atoms with Gasteiger partial charge in [-0.25, -0.2) is 14.6 Å². The van der Waals surface area contributed by atoms with Crippen molar-refractivity contribution in [3.05, 3.63) is 30.0 Å². The number of rotatable bonds is 8. The molecule has 2 amide bonds. The summed E-state index contributed by atoms with van der Waals surface area (Å²) in [5.74, 6) is -0.245. The van der Waals surface area contributed by atoms with Crippen molar-refractivity contribution in [3.8, 4) is 0 Å². The molecular formula is C29H40N4O6. The van der Waals surface area contributed by atoms with Crippen molar-refractivity contribution in [3.63, 3.8) is 0 Å². The van der Waals surface area contributed by atoms with Crippen LogP contribution in [0.4, 0.5) is 15.4 Å². The molecule has 0 saturated heterocycles. The second kappa shape index (κ2) is 12.0. The molecule has 0 fully saturated rings. The fourth-order valence-electron chi connectivity index (χ4n) is 4.17. The van der Waals surface area contributed by atoms with Crippen LogP contribution in [0.1, 0.15) is 80.3 Å². The van der Waals surface area contributed by atoms with Gasteiger partial charge in [0.25, 0.3) is 0 Å². The molecule has 0 aliphatic carbocycles. The van der Waals surface area contributed by atoms with E-state index in [4.69, 9.17) is 24.3 Å². The van der Waals surface area contributed by atoms with Crippen molar-refractivity contribution < 1.29 is 28.6 Å². The smallest absolute Gasteiger partial charge is 0.425 e. The molecule has 0 bridgehead atoms. The van der Waals surface area contributed by atoms with Crippen molar-refractivity contribution in [1.82, 2.24) is 14.8 Å². The molecule has 10 nitrogen and oxygen atoms in total. The number of para-hydroxylation sites is 1. The van der Waals surface area contributed by atoms with E-state index in [0.717, 1.165) is 34.2 Å². The van der Waals surface area contributed by atoms with Gasteiger partial charge in [0.15, 0.2) is 5.82 Å². The maximum Gasteiger partial charge on any atom is 0.425 e. The van der Waals surface area contributed by atoms with Gasteiger partial charge in [-0.2, -0.15) is 10.00 Å². The summed E-state index contributed by atoms with van der Waals surface area (Å²) in [6.45, 7) is 14.8. The van der Waals surface area contributed by atoms with E-state index in [1.807, 2.05) is 28.9 Å². The Hall–Kier alpha value is -3.69. The largest absolute Gasteiger partial charge is 0.466 e. The summed E-state index contributed by atoms with van der Waals surface area (Å²) < 4.78 is 18.2. The summed E-state index contributed by atoms with van der Waals surface area (Å²) in [4.78, 5) is 43.7. The summed E-state index contributed by atoms with van der Waals surface area (Å²) in [5, 5.41) is 6.55. The molecule has 1 aromatic carbocycles. The molecule has 0 atom stereocenters. The van der Waals surface area contributed by atoms with Gasteiger partial charge in [0, 0.05) is 29.9 Å². The lowest BCUT2D eigenvalue weighted by Gasteiger charge is -2.28. The van der Waals surface area contributed by atoms with Crippen LogP contribution in [0, 0.1) is 0 Å². The average molecular weight is 541 g/mol. The monoisotopic (exact) mass is 540 g/mol. The number of carbonyl (C=O) groups is 3. The molecule has 0 radical (unpaired) electrons. The number of imide groups is 1. The van der Waals surface area contributed by atoms with Crippen LogP contribution in [0.5, 0.6) is 0 Å². The third-order valence-electron chi connectivity index (χ3n) is 5.58. The maximum atomic E-state index is 13.5. The van der Waals surface area contributed by atoms with Crippen LogP contribution in [0.25, 0.3) is 21.8 Å². The second-order valence-electron chi connectivity index (χ2n) is 11.4. The molecule has 2 heterocycles. The molecule has 212 valence electrons. The zero-order valence-electron chi connectivity index (χ0n) is 24.3. The number of fused-ring (bicyclic) bond motifs is 3. The Bertz CT molecular complexity index is 1320. The third kappa shape index (κ3) is 7.68. The predicted octanol–water partition coefficient (Wildman–Crippen LogP) is 6.56. The number of esters is 1.